The topological polar surface area (TPSA) is 70.5 Å². The molecule has 0 aliphatic rings. The number of rotatable bonds is 6. The molecule has 0 radical (unpaired) electrons. The minimum Gasteiger partial charge on any atom is -0.503 e. The van der Waals surface area contributed by atoms with Crippen molar-refractivity contribution >= 4 is 11.5 Å². The number of benzene rings is 1. The molecule has 9 heteroatoms. The third kappa shape index (κ3) is 5.97. The molecule has 0 bridgehead atoms. The number of nitrogens with zero attached hydrogens (tertiary/aromatic N) is 2. The predicted octanol–water partition coefficient (Wildman–Crippen LogP) is 4.26. The molecular weight excluding hydrogens is 377 g/mol. The molecule has 0 aliphatic carbocycles. The van der Waals surface area contributed by atoms with E-state index in [9.17, 15) is 18.0 Å². The maximum atomic E-state index is 13.0. The Morgan fingerprint density at radius 3 is 2.36 bits per heavy atom. The quantitative estimate of drug-likeness (QED) is 0.411. The van der Waals surface area contributed by atoms with Gasteiger partial charge in [0.15, 0.2) is 0 Å². The van der Waals surface area contributed by atoms with Crippen molar-refractivity contribution in [2.24, 2.45) is 0 Å². The van der Waals surface area contributed by atoms with Crippen molar-refractivity contribution in [1.82, 2.24) is 9.97 Å². The second kappa shape index (κ2) is 10.9. The zero-order valence-corrected chi connectivity index (χ0v) is 15.9. The van der Waals surface area contributed by atoms with E-state index in [2.05, 4.69) is 9.97 Å². The zero-order chi connectivity index (χ0) is 21.2. The molecule has 0 fully saturated rings. The van der Waals surface area contributed by atoms with Gasteiger partial charge in [-0.1, -0.05) is 38.1 Å². The van der Waals surface area contributed by atoms with E-state index in [0.717, 1.165) is 12.4 Å². The average molecular weight is 398 g/mol. The number of alkyl halides is 3. The highest BCUT2D eigenvalue weighted by Gasteiger charge is 2.37. The number of ether oxygens (including phenoxy) is 3. The minimum atomic E-state index is -4.70. The SMILES string of the molecule is CC.CO/C=C(/C(=O)OC)c1ccccc1COc1nccnc1C(F)(F)F. The molecule has 0 N–H and O–H groups in total. The van der Waals surface area contributed by atoms with Gasteiger partial charge in [-0.2, -0.15) is 13.2 Å². The summed E-state index contributed by atoms with van der Waals surface area (Å²) in [5.41, 5.74) is -0.277. The van der Waals surface area contributed by atoms with Gasteiger partial charge in [-0.25, -0.2) is 14.8 Å². The van der Waals surface area contributed by atoms with E-state index in [-0.39, 0.29) is 12.2 Å². The molecule has 6 nitrogen and oxygen atoms in total. The molecule has 28 heavy (non-hydrogen) atoms. The number of aromatic nitrogens is 2. The van der Waals surface area contributed by atoms with Crippen LogP contribution < -0.4 is 4.74 Å². The Labute approximate surface area is 161 Å². The maximum Gasteiger partial charge on any atom is 0.438 e. The first-order valence-corrected chi connectivity index (χ1v) is 8.29. The Hall–Kier alpha value is -3.10. The maximum absolute atomic E-state index is 13.0. The lowest BCUT2D eigenvalue weighted by Crippen LogP contribution is -2.13. The van der Waals surface area contributed by atoms with Crippen molar-refractivity contribution in [3.05, 3.63) is 59.7 Å². The molecule has 0 unspecified atom stereocenters. The van der Waals surface area contributed by atoms with E-state index in [0.29, 0.717) is 11.1 Å². The Bertz CT molecular complexity index is 808. The van der Waals surface area contributed by atoms with Crippen LogP contribution in [0.4, 0.5) is 13.2 Å². The normalized spacial score (nSPS) is 11.2. The van der Waals surface area contributed by atoms with Crippen molar-refractivity contribution in [2.45, 2.75) is 26.6 Å². The van der Waals surface area contributed by atoms with Crippen LogP contribution in [0.25, 0.3) is 5.57 Å². The highest BCUT2D eigenvalue weighted by molar-refractivity contribution is 6.16. The summed E-state index contributed by atoms with van der Waals surface area (Å²) in [7, 11) is 2.57. The second-order valence-corrected chi connectivity index (χ2v) is 4.91. The molecule has 1 aromatic heterocycles. The van der Waals surface area contributed by atoms with Crippen LogP contribution >= 0.6 is 0 Å². The summed E-state index contributed by atoms with van der Waals surface area (Å²) in [4.78, 5) is 18.8. The highest BCUT2D eigenvalue weighted by atomic mass is 19.4. The van der Waals surface area contributed by atoms with Crippen LogP contribution in [0, 0.1) is 0 Å². The van der Waals surface area contributed by atoms with Crippen molar-refractivity contribution in [3.8, 4) is 5.88 Å². The van der Waals surface area contributed by atoms with E-state index in [1.807, 2.05) is 13.8 Å². The molecule has 0 saturated carbocycles. The summed E-state index contributed by atoms with van der Waals surface area (Å²) in [5, 5.41) is 0. The fourth-order valence-electron chi connectivity index (χ4n) is 2.13. The number of carbonyl (C=O) groups excluding carboxylic acids is 1. The molecule has 0 aliphatic heterocycles. The lowest BCUT2D eigenvalue weighted by Gasteiger charge is -2.14. The van der Waals surface area contributed by atoms with Crippen LogP contribution in [0.5, 0.6) is 5.88 Å². The fourth-order valence-corrected chi connectivity index (χ4v) is 2.13. The number of hydrogen-bond donors (Lipinski definition) is 0. The number of esters is 1. The molecule has 1 heterocycles. The number of carbonyl (C=O) groups is 1. The predicted molar refractivity (Wildman–Crippen MR) is 96.2 cm³/mol. The average Bonchev–Trinajstić information content (AvgIpc) is 2.71. The van der Waals surface area contributed by atoms with Gasteiger partial charge in [-0.05, 0) is 11.1 Å². The van der Waals surface area contributed by atoms with Gasteiger partial charge < -0.3 is 14.2 Å². The van der Waals surface area contributed by atoms with Crippen molar-refractivity contribution in [3.63, 3.8) is 0 Å². The van der Waals surface area contributed by atoms with Crippen LogP contribution in [-0.2, 0) is 27.1 Å². The fraction of sp³-hybridized carbons (Fsp3) is 0.316. The van der Waals surface area contributed by atoms with Gasteiger partial charge in [-0.15, -0.1) is 0 Å². The first-order chi connectivity index (χ1) is 13.4. The van der Waals surface area contributed by atoms with Crippen LogP contribution in [-0.4, -0.2) is 30.2 Å². The van der Waals surface area contributed by atoms with E-state index in [1.54, 1.807) is 24.3 Å². The largest absolute Gasteiger partial charge is 0.503 e. The molecular formula is C19H21F3N2O4. The molecule has 0 amide bonds. The summed E-state index contributed by atoms with van der Waals surface area (Å²) >= 11 is 0. The van der Waals surface area contributed by atoms with Crippen LogP contribution in [0.3, 0.4) is 0 Å². The lowest BCUT2D eigenvalue weighted by molar-refractivity contribution is -0.143. The third-order valence-electron chi connectivity index (χ3n) is 3.25. The summed E-state index contributed by atoms with van der Waals surface area (Å²) in [5.74, 6) is -1.31. The van der Waals surface area contributed by atoms with Gasteiger partial charge >= 0.3 is 12.1 Å². The van der Waals surface area contributed by atoms with Crippen LogP contribution in [0.15, 0.2) is 42.9 Å². The molecule has 2 aromatic rings. The van der Waals surface area contributed by atoms with Crippen molar-refractivity contribution in [2.75, 3.05) is 14.2 Å². The van der Waals surface area contributed by atoms with Crippen molar-refractivity contribution in [1.29, 1.82) is 0 Å². The monoisotopic (exact) mass is 398 g/mol. The third-order valence-corrected chi connectivity index (χ3v) is 3.25. The summed E-state index contributed by atoms with van der Waals surface area (Å²) in [6, 6.07) is 6.52. The Balaban J connectivity index is 0.00000190. The lowest BCUT2D eigenvalue weighted by atomic mass is 10.0. The number of hydrogen-bond acceptors (Lipinski definition) is 6. The van der Waals surface area contributed by atoms with E-state index in [4.69, 9.17) is 14.2 Å². The molecule has 152 valence electrons. The van der Waals surface area contributed by atoms with E-state index in [1.165, 1.54) is 20.5 Å². The van der Waals surface area contributed by atoms with E-state index >= 15 is 0 Å². The van der Waals surface area contributed by atoms with Gasteiger partial charge in [0, 0.05) is 12.4 Å². The van der Waals surface area contributed by atoms with Crippen LogP contribution in [0.2, 0.25) is 0 Å². The van der Waals surface area contributed by atoms with Gasteiger partial charge in [0.2, 0.25) is 11.6 Å². The molecule has 0 saturated heterocycles. The number of methoxy groups -OCH3 is 2. The first kappa shape index (κ1) is 22.9. The highest BCUT2D eigenvalue weighted by Crippen LogP contribution is 2.33. The molecule has 2 rings (SSSR count). The van der Waals surface area contributed by atoms with Gasteiger partial charge in [0.05, 0.1) is 20.5 Å². The standard InChI is InChI=1S/C17H15F3N2O4.C2H6/c1-24-10-13(16(23)25-2)12-6-4-3-5-11(12)9-26-15-14(17(18,19)20)21-7-8-22-15;1-2/h3-8,10H,9H2,1-2H3;1-2H3/b13-10+;. The second-order valence-electron chi connectivity index (χ2n) is 4.91. The smallest absolute Gasteiger partial charge is 0.438 e. The van der Waals surface area contributed by atoms with Gasteiger partial charge in [0.25, 0.3) is 0 Å². The van der Waals surface area contributed by atoms with E-state index < -0.39 is 23.7 Å². The Morgan fingerprint density at radius 2 is 1.75 bits per heavy atom. The molecule has 1 aromatic carbocycles. The van der Waals surface area contributed by atoms with Gasteiger partial charge in [0.1, 0.15) is 12.2 Å². The summed E-state index contributed by atoms with van der Waals surface area (Å²) in [6.07, 6.45) is -1.48. The summed E-state index contributed by atoms with van der Waals surface area (Å²) < 4.78 is 53.7. The summed E-state index contributed by atoms with van der Waals surface area (Å²) in [6.45, 7) is 3.73. The first-order valence-electron chi connectivity index (χ1n) is 8.29. The van der Waals surface area contributed by atoms with Gasteiger partial charge in [-0.3, -0.25) is 0 Å². The number of halogens is 3. The Morgan fingerprint density at radius 1 is 1.11 bits per heavy atom. The zero-order valence-electron chi connectivity index (χ0n) is 15.9. The molecule has 0 atom stereocenters. The Kier molecular flexibility index (Phi) is 8.94. The van der Waals surface area contributed by atoms with Crippen LogP contribution in [0.1, 0.15) is 30.7 Å². The minimum absolute atomic E-state index is 0.101. The van der Waals surface area contributed by atoms with Crippen molar-refractivity contribution < 1.29 is 32.2 Å². The molecule has 0 spiro atoms.